The van der Waals surface area contributed by atoms with Gasteiger partial charge in [-0.2, -0.15) is 0 Å². The highest BCUT2D eigenvalue weighted by molar-refractivity contribution is 5.78. The quantitative estimate of drug-likeness (QED) is 0.149. The largest absolute Gasteiger partial charge is 0.228 e. The Morgan fingerprint density at radius 2 is 0.518 bits per heavy atom. The van der Waals surface area contributed by atoms with Crippen LogP contribution in [0.15, 0.2) is 219 Å². The zero-order valence-corrected chi connectivity index (χ0v) is 30.9. The van der Waals surface area contributed by atoms with E-state index in [2.05, 4.69) is 207 Å². The fourth-order valence-electron chi connectivity index (χ4n) is 7.13. The van der Waals surface area contributed by atoms with Crippen LogP contribution in [0.5, 0.6) is 0 Å². The lowest BCUT2D eigenvalue weighted by molar-refractivity contribution is 1.18. The van der Waals surface area contributed by atoms with Crippen LogP contribution in [0.4, 0.5) is 0 Å². The van der Waals surface area contributed by atoms with Crippen molar-refractivity contribution in [2.24, 2.45) is 0 Å². The molecule has 0 fully saturated rings. The van der Waals surface area contributed by atoms with Crippen molar-refractivity contribution in [3.8, 4) is 89.5 Å². The molecule has 1 aromatic heterocycles. The SMILES string of the molecule is C=Cc1ccc(-c2ccc(-c3nc(-c4ccc(-c5ccc(-c6ccccc6)cc5)cc4)cc(-c4ccc(-c5ccc(-c6ccccc6)cc5)cc4)n3)cc2)cc1. The van der Waals surface area contributed by atoms with E-state index in [1.165, 1.54) is 33.4 Å². The van der Waals surface area contributed by atoms with Crippen LogP contribution in [0.1, 0.15) is 5.56 Å². The molecule has 0 aliphatic rings. The summed E-state index contributed by atoms with van der Waals surface area (Å²) in [6.45, 7) is 3.88. The van der Waals surface area contributed by atoms with Gasteiger partial charge < -0.3 is 0 Å². The molecule has 0 unspecified atom stereocenters. The zero-order chi connectivity index (χ0) is 37.7. The standard InChI is InChI=1S/C54H38N2/c1-2-38-13-15-41(16-14-38)48-29-35-51(36-30-48)54-55-52(49-31-25-46(26-32-49)44-21-17-42(18-22-44)39-9-5-3-6-10-39)37-53(56-54)50-33-27-47(28-34-50)45-23-19-43(20-24-45)40-11-7-4-8-12-40/h2-37H,1H2. The molecule has 9 rings (SSSR count). The Morgan fingerprint density at radius 3 is 0.821 bits per heavy atom. The van der Waals surface area contributed by atoms with Crippen molar-refractivity contribution >= 4 is 6.08 Å². The Balaban J connectivity index is 1.04. The lowest BCUT2D eigenvalue weighted by atomic mass is 9.98. The van der Waals surface area contributed by atoms with E-state index >= 15 is 0 Å². The van der Waals surface area contributed by atoms with Crippen molar-refractivity contribution in [2.75, 3.05) is 0 Å². The van der Waals surface area contributed by atoms with Gasteiger partial charge in [-0.05, 0) is 67.3 Å². The molecule has 0 saturated heterocycles. The van der Waals surface area contributed by atoms with Gasteiger partial charge in [-0.25, -0.2) is 9.97 Å². The van der Waals surface area contributed by atoms with Gasteiger partial charge in [0.15, 0.2) is 5.82 Å². The molecule has 264 valence electrons. The molecule has 0 aliphatic heterocycles. The summed E-state index contributed by atoms with van der Waals surface area (Å²) in [5.41, 5.74) is 17.7. The smallest absolute Gasteiger partial charge is 0.160 e. The van der Waals surface area contributed by atoms with Gasteiger partial charge in [0.2, 0.25) is 0 Å². The molecule has 0 saturated carbocycles. The molecule has 0 bridgehead atoms. The lowest BCUT2D eigenvalue weighted by Gasteiger charge is -2.12. The van der Waals surface area contributed by atoms with Crippen molar-refractivity contribution < 1.29 is 0 Å². The van der Waals surface area contributed by atoms with E-state index in [1.54, 1.807) is 0 Å². The van der Waals surface area contributed by atoms with Crippen LogP contribution in [0.3, 0.4) is 0 Å². The summed E-state index contributed by atoms with van der Waals surface area (Å²) < 4.78 is 0. The number of aromatic nitrogens is 2. The summed E-state index contributed by atoms with van der Waals surface area (Å²) >= 11 is 0. The van der Waals surface area contributed by atoms with Gasteiger partial charge in [0, 0.05) is 16.7 Å². The second kappa shape index (κ2) is 15.5. The third-order valence-electron chi connectivity index (χ3n) is 10.4. The molecule has 0 N–H and O–H groups in total. The maximum atomic E-state index is 5.15. The molecule has 1 heterocycles. The maximum absolute atomic E-state index is 5.15. The minimum atomic E-state index is 0.687. The van der Waals surface area contributed by atoms with Gasteiger partial charge in [-0.15, -0.1) is 0 Å². The number of hydrogen-bond donors (Lipinski definition) is 0. The van der Waals surface area contributed by atoms with E-state index in [0.29, 0.717) is 5.82 Å². The molecule has 2 nitrogen and oxygen atoms in total. The first kappa shape index (κ1) is 34.4. The van der Waals surface area contributed by atoms with Crippen molar-refractivity contribution in [3.63, 3.8) is 0 Å². The number of nitrogens with zero attached hydrogens (tertiary/aromatic N) is 2. The molecule has 2 heteroatoms. The molecule has 9 aromatic rings. The third kappa shape index (κ3) is 7.37. The summed E-state index contributed by atoms with van der Waals surface area (Å²) in [6, 6.07) is 74.9. The lowest BCUT2D eigenvalue weighted by Crippen LogP contribution is -1.96. The molecular formula is C54H38N2. The molecule has 0 radical (unpaired) electrons. The van der Waals surface area contributed by atoms with E-state index in [4.69, 9.17) is 9.97 Å². The Hall–Kier alpha value is -7.42. The Morgan fingerprint density at radius 1 is 0.268 bits per heavy atom. The first-order valence-corrected chi connectivity index (χ1v) is 18.9. The average molecular weight is 715 g/mol. The van der Waals surface area contributed by atoms with Crippen LogP contribution in [0, 0.1) is 0 Å². The summed E-state index contributed by atoms with van der Waals surface area (Å²) in [5, 5.41) is 0. The summed E-state index contributed by atoms with van der Waals surface area (Å²) in [6.07, 6.45) is 1.86. The highest BCUT2D eigenvalue weighted by Crippen LogP contribution is 2.33. The third-order valence-corrected chi connectivity index (χ3v) is 10.4. The average Bonchev–Trinajstić information content (AvgIpc) is 3.30. The second-order valence-corrected chi connectivity index (χ2v) is 13.9. The van der Waals surface area contributed by atoms with Gasteiger partial charge in [0.25, 0.3) is 0 Å². The highest BCUT2D eigenvalue weighted by atomic mass is 14.9. The topological polar surface area (TPSA) is 25.8 Å². The summed E-state index contributed by atoms with van der Waals surface area (Å²) in [4.78, 5) is 10.3. The first-order chi connectivity index (χ1) is 27.7. The fourth-order valence-corrected chi connectivity index (χ4v) is 7.13. The Bertz CT molecular complexity index is 2570. The predicted octanol–water partition coefficient (Wildman–Crippen LogP) is 14.5. The Labute approximate surface area is 328 Å². The van der Waals surface area contributed by atoms with Crippen LogP contribution < -0.4 is 0 Å². The van der Waals surface area contributed by atoms with Crippen molar-refractivity contribution in [3.05, 3.63) is 224 Å². The summed E-state index contributed by atoms with van der Waals surface area (Å²) in [5.74, 6) is 0.687. The van der Waals surface area contributed by atoms with Crippen molar-refractivity contribution in [1.29, 1.82) is 0 Å². The van der Waals surface area contributed by atoms with Crippen LogP contribution in [-0.4, -0.2) is 9.97 Å². The molecule has 0 amide bonds. The second-order valence-electron chi connectivity index (χ2n) is 13.9. The van der Waals surface area contributed by atoms with E-state index in [-0.39, 0.29) is 0 Å². The molecule has 0 atom stereocenters. The Kier molecular flexibility index (Phi) is 9.52. The van der Waals surface area contributed by atoms with E-state index < -0.39 is 0 Å². The minimum absolute atomic E-state index is 0.687. The molecule has 0 spiro atoms. The normalized spacial score (nSPS) is 10.9. The monoisotopic (exact) mass is 714 g/mol. The van der Waals surface area contributed by atoms with Gasteiger partial charge in [-0.3, -0.25) is 0 Å². The summed E-state index contributed by atoms with van der Waals surface area (Å²) in [7, 11) is 0. The maximum Gasteiger partial charge on any atom is 0.160 e. The van der Waals surface area contributed by atoms with Gasteiger partial charge >= 0.3 is 0 Å². The first-order valence-electron chi connectivity index (χ1n) is 18.9. The van der Waals surface area contributed by atoms with E-state index in [1.807, 2.05) is 18.2 Å². The van der Waals surface area contributed by atoms with Crippen LogP contribution in [0.25, 0.3) is 95.6 Å². The molecular weight excluding hydrogens is 677 g/mol. The van der Waals surface area contributed by atoms with Gasteiger partial charge in [0.1, 0.15) is 0 Å². The molecule has 0 aliphatic carbocycles. The highest BCUT2D eigenvalue weighted by Gasteiger charge is 2.13. The number of benzene rings is 8. The van der Waals surface area contributed by atoms with Crippen LogP contribution in [-0.2, 0) is 0 Å². The number of hydrogen-bond acceptors (Lipinski definition) is 2. The minimum Gasteiger partial charge on any atom is -0.228 e. The van der Waals surface area contributed by atoms with E-state index in [9.17, 15) is 0 Å². The van der Waals surface area contributed by atoms with Gasteiger partial charge in [0.05, 0.1) is 11.4 Å². The molecule has 56 heavy (non-hydrogen) atoms. The predicted molar refractivity (Wildman–Crippen MR) is 236 cm³/mol. The van der Waals surface area contributed by atoms with Crippen LogP contribution >= 0.6 is 0 Å². The van der Waals surface area contributed by atoms with Crippen molar-refractivity contribution in [2.45, 2.75) is 0 Å². The van der Waals surface area contributed by atoms with Crippen LogP contribution in [0.2, 0.25) is 0 Å². The van der Waals surface area contributed by atoms with E-state index in [0.717, 1.165) is 55.9 Å². The number of rotatable bonds is 9. The van der Waals surface area contributed by atoms with Gasteiger partial charge in [-0.1, -0.05) is 219 Å². The molecule has 8 aromatic carbocycles. The zero-order valence-electron chi connectivity index (χ0n) is 30.9. The van der Waals surface area contributed by atoms with Crippen molar-refractivity contribution in [1.82, 2.24) is 9.97 Å². The fraction of sp³-hybridized carbons (Fsp3) is 0.